The Morgan fingerprint density at radius 2 is 2.14 bits per heavy atom. The standard InChI is InChI=1S/C15H17NO4S2/c1-4-9(2)20-13(17)8-16-14(18)12(22-15(16)19)7-11-6-5-10(3)21-11/h5-7,9H,4,8H2,1-3H3/b12-7+/t9-/m1/s1. The molecule has 5 nitrogen and oxygen atoms in total. The predicted molar refractivity (Wildman–Crippen MR) is 87.6 cm³/mol. The van der Waals surface area contributed by atoms with E-state index in [4.69, 9.17) is 4.74 Å². The molecule has 0 spiro atoms. The van der Waals surface area contributed by atoms with Crippen LogP contribution in [0.25, 0.3) is 6.08 Å². The average Bonchev–Trinajstić information content (AvgIpc) is 2.98. The zero-order valence-electron chi connectivity index (χ0n) is 12.6. The zero-order valence-corrected chi connectivity index (χ0v) is 14.3. The van der Waals surface area contributed by atoms with E-state index in [1.54, 1.807) is 24.3 Å². The van der Waals surface area contributed by atoms with Crippen molar-refractivity contribution < 1.29 is 19.1 Å². The van der Waals surface area contributed by atoms with E-state index in [-0.39, 0.29) is 12.6 Å². The highest BCUT2D eigenvalue weighted by molar-refractivity contribution is 8.18. The molecule has 1 atom stereocenters. The number of esters is 1. The Morgan fingerprint density at radius 1 is 1.41 bits per heavy atom. The molecular weight excluding hydrogens is 322 g/mol. The number of aryl methyl sites for hydroxylation is 1. The van der Waals surface area contributed by atoms with Crippen molar-refractivity contribution in [3.8, 4) is 0 Å². The number of hydrogen-bond acceptors (Lipinski definition) is 6. The molecule has 1 aliphatic heterocycles. The lowest BCUT2D eigenvalue weighted by Gasteiger charge is -2.14. The maximum absolute atomic E-state index is 12.2. The first-order chi connectivity index (χ1) is 10.4. The van der Waals surface area contributed by atoms with Crippen LogP contribution in [0.15, 0.2) is 17.0 Å². The molecule has 2 rings (SSSR count). The van der Waals surface area contributed by atoms with E-state index in [9.17, 15) is 14.4 Å². The van der Waals surface area contributed by atoms with Crippen LogP contribution in [0.3, 0.4) is 0 Å². The summed E-state index contributed by atoms with van der Waals surface area (Å²) in [7, 11) is 0. The largest absolute Gasteiger partial charge is 0.461 e. The second-order valence-electron chi connectivity index (χ2n) is 4.92. The van der Waals surface area contributed by atoms with Crippen LogP contribution < -0.4 is 0 Å². The smallest absolute Gasteiger partial charge is 0.326 e. The first-order valence-corrected chi connectivity index (χ1v) is 8.55. The summed E-state index contributed by atoms with van der Waals surface area (Å²) in [4.78, 5) is 39.2. The lowest BCUT2D eigenvalue weighted by Crippen LogP contribution is -2.35. The van der Waals surface area contributed by atoms with E-state index in [2.05, 4.69) is 0 Å². The number of thiophene rings is 1. The van der Waals surface area contributed by atoms with Crippen molar-refractivity contribution in [3.63, 3.8) is 0 Å². The topological polar surface area (TPSA) is 63.7 Å². The third-order valence-corrected chi connectivity index (χ3v) is 4.96. The molecule has 1 aromatic heterocycles. The SMILES string of the molecule is CC[C@@H](C)OC(=O)CN1C(=O)S/C(=C/c2ccc(C)s2)C1=O. The Balaban J connectivity index is 2.06. The third kappa shape index (κ3) is 3.98. The minimum Gasteiger partial charge on any atom is -0.461 e. The Kier molecular flexibility index (Phi) is 5.42. The highest BCUT2D eigenvalue weighted by Gasteiger charge is 2.36. The number of imide groups is 1. The molecular formula is C15H17NO4S2. The fourth-order valence-electron chi connectivity index (χ4n) is 1.77. The summed E-state index contributed by atoms with van der Waals surface area (Å²) in [6, 6.07) is 3.84. The van der Waals surface area contributed by atoms with Gasteiger partial charge in [-0.3, -0.25) is 19.3 Å². The molecule has 2 heterocycles. The molecule has 0 saturated carbocycles. The van der Waals surface area contributed by atoms with Gasteiger partial charge in [-0.1, -0.05) is 6.92 Å². The monoisotopic (exact) mass is 339 g/mol. The maximum Gasteiger partial charge on any atom is 0.326 e. The van der Waals surface area contributed by atoms with Gasteiger partial charge in [0.2, 0.25) is 0 Å². The molecule has 0 aromatic carbocycles. The normalized spacial score (nSPS) is 18.1. The molecule has 0 bridgehead atoms. The molecule has 1 aromatic rings. The van der Waals surface area contributed by atoms with Crippen molar-refractivity contribution in [2.75, 3.05) is 6.54 Å². The Labute approximate surface area is 137 Å². The molecule has 1 saturated heterocycles. The number of rotatable bonds is 5. The van der Waals surface area contributed by atoms with Crippen LogP contribution in [0.4, 0.5) is 4.79 Å². The fourth-order valence-corrected chi connectivity index (χ4v) is 3.50. The van der Waals surface area contributed by atoms with Crippen LogP contribution in [0.2, 0.25) is 0 Å². The minimum atomic E-state index is -0.565. The lowest BCUT2D eigenvalue weighted by atomic mass is 10.3. The van der Waals surface area contributed by atoms with Crippen LogP contribution in [0.5, 0.6) is 0 Å². The highest BCUT2D eigenvalue weighted by Crippen LogP contribution is 2.33. The summed E-state index contributed by atoms with van der Waals surface area (Å²) in [6.07, 6.45) is 2.14. The number of thioether (sulfide) groups is 1. The van der Waals surface area contributed by atoms with Crippen molar-refractivity contribution in [1.82, 2.24) is 4.90 Å². The van der Waals surface area contributed by atoms with Crippen molar-refractivity contribution in [2.45, 2.75) is 33.3 Å². The van der Waals surface area contributed by atoms with E-state index in [0.29, 0.717) is 11.3 Å². The van der Waals surface area contributed by atoms with E-state index in [1.807, 2.05) is 26.0 Å². The highest BCUT2D eigenvalue weighted by atomic mass is 32.2. The number of nitrogens with zero attached hydrogens (tertiary/aromatic N) is 1. The number of carbonyl (C=O) groups excluding carboxylic acids is 3. The first-order valence-electron chi connectivity index (χ1n) is 6.92. The lowest BCUT2D eigenvalue weighted by molar-refractivity contribution is -0.150. The van der Waals surface area contributed by atoms with E-state index in [1.165, 1.54) is 0 Å². The van der Waals surface area contributed by atoms with Gasteiger partial charge in [0.25, 0.3) is 11.1 Å². The number of amides is 2. The summed E-state index contributed by atoms with van der Waals surface area (Å²) in [5.74, 6) is -1.01. The predicted octanol–water partition coefficient (Wildman–Crippen LogP) is 3.43. The third-order valence-electron chi connectivity index (χ3n) is 3.10. The number of carbonyl (C=O) groups is 3. The van der Waals surface area contributed by atoms with Crippen LogP contribution >= 0.6 is 23.1 Å². The van der Waals surface area contributed by atoms with E-state index < -0.39 is 17.1 Å². The van der Waals surface area contributed by atoms with E-state index >= 15 is 0 Å². The number of hydrogen-bond donors (Lipinski definition) is 0. The second kappa shape index (κ2) is 7.11. The van der Waals surface area contributed by atoms with Gasteiger partial charge >= 0.3 is 5.97 Å². The van der Waals surface area contributed by atoms with Gasteiger partial charge in [0, 0.05) is 9.75 Å². The van der Waals surface area contributed by atoms with Crippen LogP contribution in [-0.2, 0) is 14.3 Å². The van der Waals surface area contributed by atoms with Gasteiger partial charge in [-0.25, -0.2) is 0 Å². The summed E-state index contributed by atoms with van der Waals surface area (Å²) in [6.45, 7) is 5.29. The van der Waals surface area contributed by atoms with Crippen molar-refractivity contribution in [1.29, 1.82) is 0 Å². The second-order valence-corrected chi connectivity index (χ2v) is 7.24. The van der Waals surface area contributed by atoms with Gasteiger partial charge in [-0.15, -0.1) is 11.3 Å². The quantitative estimate of drug-likeness (QED) is 0.607. The van der Waals surface area contributed by atoms with Crippen molar-refractivity contribution in [3.05, 3.63) is 26.8 Å². The van der Waals surface area contributed by atoms with Gasteiger partial charge in [0.1, 0.15) is 6.54 Å². The minimum absolute atomic E-state index is 0.225. The molecule has 0 unspecified atom stereocenters. The molecule has 0 radical (unpaired) electrons. The summed E-state index contributed by atoms with van der Waals surface area (Å²) >= 11 is 2.39. The van der Waals surface area contributed by atoms with Gasteiger partial charge in [-0.05, 0) is 50.2 Å². The van der Waals surface area contributed by atoms with Crippen molar-refractivity contribution in [2.24, 2.45) is 0 Å². The van der Waals surface area contributed by atoms with Gasteiger partial charge in [0.15, 0.2) is 0 Å². The Morgan fingerprint density at radius 3 is 2.73 bits per heavy atom. The molecule has 2 amide bonds. The molecule has 22 heavy (non-hydrogen) atoms. The van der Waals surface area contributed by atoms with Crippen molar-refractivity contribution >= 4 is 46.3 Å². The molecule has 1 aliphatic rings. The summed E-state index contributed by atoms with van der Waals surface area (Å²) in [5.41, 5.74) is 0. The first kappa shape index (κ1) is 16.8. The van der Waals surface area contributed by atoms with Gasteiger partial charge < -0.3 is 4.74 Å². The molecule has 0 aliphatic carbocycles. The number of ether oxygens (including phenoxy) is 1. The maximum atomic E-state index is 12.2. The summed E-state index contributed by atoms with van der Waals surface area (Å²) < 4.78 is 5.10. The Hall–Kier alpha value is -1.60. The Bertz CT molecular complexity index is 635. The zero-order chi connectivity index (χ0) is 16.3. The molecule has 118 valence electrons. The summed E-state index contributed by atoms with van der Waals surface area (Å²) in [5, 5.41) is -0.439. The average molecular weight is 339 g/mol. The fraction of sp³-hybridized carbons (Fsp3) is 0.400. The van der Waals surface area contributed by atoms with E-state index in [0.717, 1.165) is 26.4 Å². The molecule has 0 N–H and O–H groups in total. The molecule has 7 heteroatoms. The van der Waals surface area contributed by atoms with Gasteiger partial charge in [-0.2, -0.15) is 0 Å². The van der Waals surface area contributed by atoms with Gasteiger partial charge in [0.05, 0.1) is 11.0 Å². The van der Waals surface area contributed by atoms with Crippen LogP contribution in [-0.4, -0.2) is 34.7 Å². The van der Waals surface area contributed by atoms with Crippen LogP contribution in [0, 0.1) is 6.92 Å². The molecule has 1 fully saturated rings. The van der Waals surface area contributed by atoms with Crippen LogP contribution in [0.1, 0.15) is 30.0 Å².